The normalized spacial score (nSPS) is 11.7. The fourth-order valence-corrected chi connectivity index (χ4v) is 1.21. The third-order valence-electron chi connectivity index (χ3n) is 1.77. The Hall–Kier alpha value is -0.990. The molecule has 0 N–H and O–H groups in total. The average molecular weight is 187 g/mol. The molecule has 0 aliphatic rings. The number of hydrogen-bond donors (Lipinski definition) is 0. The second kappa shape index (κ2) is 3.81. The molecule has 1 aromatic carbocycles. The molecule has 0 fully saturated rings. The quantitative estimate of drug-likeness (QED) is 0.665. The van der Waals surface area contributed by atoms with Gasteiger partial charge in [-0.3, -0.25) is 0 Å². The van der Waals surface area contributed by atoms with E-state index in [1.165, 1.54) is 12.1 Å². The predicted molar refractivity (Wildman–Crippen MR) is 45.1 cm³/mol. The van der Waals surface area contributed by atoms with Gasteiger partial charge in [-0.15, -0.1) is 0 Å². The summed E-state index contributed by atoms with van der Waals surface area (Å²) in [7, 11) is 0. The van der Waals surface area contributed by atoms with Crippen LogP contribution in [0.3, 0.4) is 0 Å². The largest absolute Gasteiger partial charge is 0.416 e. The van der Waals surface area contributed by atoms with Crippen LogP contribution in [0.15, 0.2) is 24.3 Å². The van der Waals surface area contributed by atoms with Crippen molar-refractivity contribution < 1.29 is 13.2 Å². The van der Waals surface area contributed by atoms with Gasteiger partial charge in [0.2, 0.25) is 0 Å². The van der Waals surface area contributed by atoms with Crippen LogP contribution < -0.4 is 0 Å². The van der Waals surface area contributed by atoms with Crippen LogP contribution in [0.1, 0.15) is 17.5 Å². The molecule has 0 aliphatic carbocycles. The van der Waals surface area contributed by atoms with E-state index in [0.29, 0.717) is 18.4 Å². The first kappa shape index (κ1) is 10.1. The summed E-state index contributed by atoms with van der Waals surface area (Å²) >= 11 is 0. The van der Waals surface area contributed by atoms with Crippen LogP contribution in [0, 0.1) is 6.92 Å². The predicted octanol–water partition coefficient (Wildman–Crippen LogP) is 3.47. The SMILES string of the molecule is [CH2]CCc1ccccc1C(F)(F)F. The first-order valence-electron chi connectivity index (χ1n) is 4.00. The van der Waals surface area contributed by atoms with Gasteiger partial charge in [0.15, 0.2) is 0 Å². The van der Waals surface area contributed by atoms with E-state index in [4.69, 9.17) is 0 Å². The molecule has 0 heterocycles. The molecule has 0 aromatic heterocycles. The minimum Gasteiger partial charge on any atom is -0.166 e. The lowest BCUT2D eigenvalue weighted by atomic mass is 10.0. The Balaban J connectivity index is 3.05. The first-order valence-corrected chi connectivity index (χ1v) is 4.00. The molecule has 0 spiro atoms. The highest BCUT2D eigenvalue weighted by molar-refractivity contribution is 5.29. The zero-order valence-electron chi connectivity index (χ0n) is 7.06. The summed E-state index contributed by atoms with van der Waals surface area (Å²) in [5.41, 5.74) is -0.219. The number of aryl methyl sites for hydroxylation is 1. The maximum Gasteiger partial charge on any atom is 0.416 e. The van der Waals surface area contributed by atoms with Gasteiger partial charge in [-0.2, -0.15) is 13.2 Å². The molecule has 1 radical (unpaired) electrons. The molecule has 0 unspecified atom stereocenters. The third kappa shape index (κ3) is 2.47. The van der Waals surface area contributed by atoms with E-state index in [1.54, 1.807) is 6.07 Å². The van der Waals surface area contributed by atoms with E-state index in [-0.39, 0.29) is 0 Å². The molecule has 0 saturated carbocycles. The molecular formula is C10H10F3. The van der Waals surface area contributed by atoms with Crippen LogP contribution in [0.5, 0.6) is 0 Å². The standard InChI is InChI=1S/C10H10F3/c1-2-5-8-6-3-4-7-9(8)10(11,12)13/h3-4,6-7H,1-2,5H2. The molecule has 71 valence electrons. The summed E-state index contributed by atoms with van der Waals surface area (Å²) < 4.78 is 37.1. The lowest BCUT2D eigenvalue weighted by molar-refractivity contribution is -0.138. The van der Waals surface area contributed by atoms with Crippen molar-refractivity contribution in [2.24, 2.45) is 0 Å². The van der Waals surface area contributed by atoms with Crippen molar-refractivity contribution in [3.05, 3.63) is 42.3 Å². The van der Waals surface area contributed by atoms with Gasteiger partial charge in [0.05, 0.1) is 5.56 Å². The van der Waals surface area contributed by atoms with Crippen molar-refractivity contribution in [3.63, 3.8) is 0 Å². The molecule has 1 rings (SSSR count). The second-order valence-electron chi connectivity index (χ2n) is 2.76. The van der Waals surface area contributed by atoms with Crippen molar-refractivity contribution in [2.75, 3.05) is 0 Å². The topological polar surface area (TPSA) is 0 Å². The van der Waals surface area contributed by atoms with Crippen molar-refractivity contribution in [2.45, 2.75) is 19.0 Å². The number of benzene rings is 1. The lowest BCUT2D eigenvalue weighted by Gasteiger charge is -2.11. The molecular weight excluding hydrogens is 177 g/mol. The summed E-state index contributed by atoms with van der Waals surface area (Å²) in [5.74, 6) is 0. The number of halogens is 3. The van der Waals surface area contributed by atoms with Crippen LogP contribution in [0.4, 0.5) is 13.2 Å². The zero-order chi connectivity index (χ0) is 9.90. The van der Waals surface area contributed by atoms with Gasteiger partial charge in [0.1, 0.15) is 0 Å². The maximum absolute atomic E-state index is 12.4. The van der Waals surface area contributed by atoms with E-state index < -0.39 is 11.7 Å². The molecule has 0 nitrogen and oxygen atoms in total. The van der Waals surface area contributed by atoms with E-state index >= 15 is 0 Å². The van der Waals surface area contributed by atoms with Gasteiger partial charge in [-0.05, 0) is 24.5 Å². The number of hydrogen-bond acceptors (Lipinski definition) is 0. The van der Waals surface area contributed by atoms with Gasteiger partial charge < -0.3 is 0 Å². The summed E-state index contributed by atoms with van der Waals surface area (Å²) in [6.07, 6.45) is -3.39. The Morgan fingerprint density at radius 1 is 1.15 bits per heavy atom. The minimum atomic E-state index is -4.24. The van der Waals surface area contributed by atoms with Crippen LogP contribution >= 0.6 is 0 Å². The van der Waals surface area contributed by atoms with Crippen LogP contribution in [-0.4, -0.2) is 0 Å². The first-order chi connectivity index (χ1) is 6.05. The summed E-state index contributed by atoms with van der Waals surface area (Å²) in [6, 6.07) is 5.61. The Morgan fingerprint density at radius 2 is 1.77 bits per heavy atom. The van der Waals surface area contributed by atoms with Gasteiger partial charge >= 0.3 is 6.18 Å². The molecule has 3 heteroatoms. The highest BCUT2D eigenvalue weighted by Gasteiger charge is 2.32. The second-order valence-corrected chi connectivity index (χ2v) is 2.76. The fourth-order valence-electron chi connectivity index (χ4n) is 1.21. The molecule has 0 saturated heterocycles. The van der Waals surface area contributed by atoms with E-state index in [0.717, 1.165) is 6.07 Å². The third-order valence-corrected chi connectivity index (χ3v) is 1.77. The maximum atomic E-state index is 12.4. The molecule has 0 aliphatic heterocycles. The summed E-state index contributed by atoms with van der Waals surface area (Å²) in [5, 5.41) is 0. The van der Waals surface area contributed by atoms with Crippen molar-refractivity contribution in [1.82, 2.24) is 0 Å². The minimum absolute atomic E-state index is 0.324. The monoisotopic (exact) mass is 187 g/mol. The zero-order valence-corrected chi connectivity index (χ0v) is 7.06. The highest BCUT2D eigenvalue weighted by Crippen LogP contribution is 2.32. The summed E-state index contributed by atoms with van der Waals surface area (Å²) in [4.78, 5) is 0. The Kier molecular flexibility index (Phi) is 2.96. The molecule has 1 aromatic rings. The molecule has 0 bridgehead atoms. The van der Waals surface area contributed by atoms with Gasteiger partial charge in [0.25, 0.3) is 0 Å². The van der Waals surface area contributed by atoms with E-state index in [9.17, 15) is 13.2 Å². The molecule has 0 atom stereocenters. The van der Waals surface area contributed by atoms with Crippen LogP contribution in [-0.2, 0) is 12.6 Å². The number of alkyl halides is 3. The lowest BCUT2D eigenvalue weighted by Crippen LogP contribution is -2.08. The van der Waals surface area contributed by atoms with Gasteiger partial charge in [0, 0.05) is 0 Å². The highest BCUT2D eigenvalue weighted by atomic mass is 19.4. The smallest absolute Gasteiger partial charge is 0.166 e. The Bertz CT molecular complexity index is 276. The van der Waals surface area contributed by atoms with Crippen LogP contribution in [0.25, 0.3) is 0 Å². The molecule has 13 heavy (non-hydrogen) atoms. The fraction of sp³-hybridized carbons (Fsp3) is 0.300. The molecule has 0 amide bonds. The Morgan fingerprint density at radius 3 is 2.31 bits per heavy atom. The van der Waals surface area contributed by atoms with E-state index in [1.807, 2.05) is 0 Å². The van der Waals surface area contributed by atoms with Gasteiger partial charge in [-0.1, -0.05) is 25.1 Å². The average Bonchev–Trinajstić information content (AvgIpc) is 2.04. The van der Waals surface area contributed by atoms with Gasteiger partial charge in [-0.25, -0.2) is 0 Å². The summed E-state index contributed by atoms with van der Waals surface area (Å²) in [6.45, 7) is 3.54. The van der Waals surface area contributed by atoms with E-state index in [2.05, 4.69) is 6.92 Å². The van der Waals surface area contributed by atoms with Crippen molar-refractivity contribution >= 4 is 0 Å². The Labute approximate surface area is 75.4 Å². The van der Waals surface area contributed by atoms with Crippen molar-refractivity contribution in [3.8, 4) is 0 Å². The number of rotatable bonds is 2. The van der Waals surface area contributed by atoms with Crippen molar-refractivity contribution in [1.29, 1.82) is 0 Å². The van der Waals surface area contributed by atoms with Crippen LogP contribution in [0.2, 0.25) is 0 Å².